The maximum absolute atomic E-state index is 11.3. The van der Waals surface area contributed by atoms with Gasteiger partial charge in [0.1, 0.15) is 0 Å². The highest BCUT2D eigenvalue weighted by atomic mass is 32.1. The Morgan fingerprint density at radius 3 is 3.00 bits per heavy atom. The summed E-state index contributed by atoms with van der Waals surface area (Å²) in [7, 11) is 0. The largest absolute Gasteiger partial charge is 0.466 e. The molecule has 2 aromatic heterocycles. The number of esters is 1. The molecular weight excluding hydrogens is 280 g/mol. The van der Waals surface area contributed by atoms with Crippen molar-refractivity contribution in [1.29, 1.82) is 0 Å². The number of thiophene rings is 1. The lowest BCUT2D eigenvalue weighted by Crippen LogP contribution is -2.07. The lowest BCUT2D eigenvalue weighted by molar-refractivity contribution is -0.142. The number of carbonyl (C=O) groups is 1. The standard InChI is InChI=1S/C13H16N2O2S2/c1-3-17-12(16)6-10-8-18-13(15-10)14-7-11-5-4-9(2)19-11/h4-5,8H,3,6-7H2,1-2H3,(H,14,15). The number of nitrogens with one attached hydrogen (secondary N) is 1. The van der Waals surface area contributed by atoms with Crippen molar-refractivity contribution in [3.05, 3.63) is 33.0 Å². The summed E-state index contributed by atoms with van der Waals surface area (Å²) in [6.45, 7) is 5.07. The highest BCUT2D eigenvalue weighted by molar-refractivity contribution is 7.13. The minimum Gasteiger partial charge on any atom is -0.466 e. The topological polar surface area (TPSA) is 51.2 Å². The maximum Gasteiger partial charge on any atom is 0.311 e. The Kier molecular flexibility index (Phi) is 4.93. The van der Waals surface area contributed by atoms with Gasteiger partial charge >= 0.3 is 5.97 Å². The Hall–Kier alpha value is -1.40. The van der Waals surface area contributed by atoms with E-state index in [1.54, 1.807) is 18.3 Å². The van der Waals surface area contributed by atoms with E-state index in [9.17, 15) is 4.79 Å². The Morgan fingerprint density at radius 2 is 2.32 bits per heavy atom. The third kappa shape index (κ3) is 4.33. The van der Waals surface area contributed by atoms with Crippen LogP contribution in [0.15, 0.2) is 17.5 Å². The zero-order valence-corrected chi connectivity index (χ0v) is 12.6. The van der Waals surface area contributed by atoms with Crippen molar-refractivity contribution in [2.45, 2.75) is 26.8 Å². The van der Waals surface area contributed by atoms with E-state index in [0.29, 0.717) is 6.61 Å². The summed E-state index contributed by atoms with van der Waals surface area (Å²) < 4.78 is 4.89. The van der Waals surface area contributed by atoms with E-state index in [-0.39, 0.29) is 12.4 Å². The van der Waals surface area contributed by atoms with Gasteiger partial charge in [0, 0.05) is 15.1 Å². The summed E-state index contributed by atoms with van der Waals surface area (Å²) >= 11 is 3.28. The molecule has 0 saturated carbocycles. The van der Waals surface area contributed by atoms with Gasteiger partial charge in [-0.05, 0) is 26.0 Å². The summed E-state index contributed by atoms with van der Waals surface area (Å²) in [6, 6.07) is 4.22. The number of aromatic nitrogens is 1. The van der Waals surface area contributed by atoms with E-state index in [1.807, 2.05) is 5.38 Å². The zero-order valence-electron chi connectivity index (χ0n) is 10.9. The van der Waals surface area contributed by atoms with E-state index in [0.717, 1.165) is 17.4 Å². The van der Waals surface area contributed by atoms with Crippen LogP contribution in [0.4, 0.5) is 5.13 Å². The van der Waals surface area contributed by atoms with Crippen molar-refractivity contribution in [2.75, 3.05) is 11.9 Å². The number of hydrogen-bond donors (Lipinski definition) is 1. The first-order valence-electron chi connectivity index (χ1n) is 6.06. The van der Waals surface area contributed by atoms with Crippen LogP contribution in [0.25, 0.3) is 0 Å². The van der Waals surface area contributed by atoms with Crippen LogP contribution >= 0.6 is 22.7 Å². The fourth-order valence-electron chi connectivity index (χ4n) is 1.57. The van der Waals surface area contributed by atoms with Gasteiger partial charge in [0.2, 0.25) is 0 Å². The molecule has 0 aromatic carbocycles. The van der Waals surface area contributed by atoms with Gasteiger partial charge in [-0.3, -0.25) is 4.79 Å². The highest BCUT2D eigenvalue weighted by Gasteiger charge is 2.08. The van der Waals surface area contributed by atoms with Crippen LogP contribution in [-0.4, -0.2) is 17.6 Å². The van der Waals surface area contributed by atoms with Crippen molar-refractivity contribution in [2.24, 2.45) is 0 Å². The molecular formula is C13H16N2O2S2. The molecule has 4 nitrogen and oxygen atoms in total. The second kappa shape index (κ2) is 6.68. The van der Waals surface area contributed by atoms with Crippen molar-refractivity contribution in [1.82, 2.24) is 4.98 Å². The van der Waals surface area contributed by atoms with Crippen molar-refractivity contribution in [3.63, 3.8) is 0 Å². The molecule has 0 aliphatic heterocycles. The molecule has 19 heavy (non-hydrogen) atoms. The molecule has 0 aliphatic rings. The average Bonchev–Trinajstić information content (AvgIpc) is 2.96. The van der Waals surface area contributed by atoms with E-state index < -0.39 is 0 Å². The molecule has 0 saturated heterocycles. The third-order valence-corrected chi connectivity index (χ3v) is 4.24. The molecule has 0 bridgehead atoms. The maximum atomic E-state index is 11.3. The molecule has 0 aliphatic carbocycles. The van der Waals surface area contributed by atoms with Crippen molar-refractivity contribution < 1.29 is 9.53 Å². The van der Waals surface area contributed by atoms with Crippen molar-refractivity contribution >= 4 is 33.8 Å². The lowest BCUT2D eigenvalue weighted by atomic mass is 10.3. The molecule has 0 spiro atoms. The first-order valence-corrected chi connectivity index (χ1v) is 7.76. The summed E-state index contributed by atoms with van der Waals surface area (Å²) in [5.41, 5.74) is 0.758. The highest BCUT2D eigenvalue weighted by Crippen LogP contribution is 2.20. The van der Waals surface area contributed by atoms with E-state index >= 15 is 0 Å². The molecule has 2 rings (SSSR count). The Labute approximate surface area is 120 Å². The molecule has 6 heteroatoms. The molecule has 2 aromatic rings. The number of nitrogens with zero attached hydrogens (tertiary/aromatic N) is 1. The van der Waals surface area contributed by atoms with Crippen molar-refractivity contribution in [3.8, 4) is 0 Å². The predicted octanol–water partition coefficient (Wildman–Crippen LogP) is 3.23. The average molecular weight is 296 g/mol. The first kappa shape index (κ1) is 14.0. The van der Waals surface area contributed by atoms with Gasteiger partial charge in [0.25, 0.3) is 0 Å². The molecule has 0 atom stereocenters. The van der Waals surface area contributed by atoms with Crippen LogP contribution in [0.5, 0.6) is 0 Å². The summed E-state index contributed by atoms with van der Waals surface area (Å²) in [4.78, 5) is 18.3. The van der Waals surface area contributed by atoms with E-state index in [1.165, 1.54) is 21.1 Å². The molecule has 1 N–H and O–H groups in total. The summed E-state index contributed by atoms with van der Waals surface area (Å²) in [5, 5.41) is 5.99. The van der Waals surface area contributed by atoms with Gasteiger partial charge in [-0.1, -0.05) is 0 Å². The molecule has 102 valence electrons. The van der Waals surface area contributed by atoms with Crippen LogP contribution in [-0.2, 0) is 22.5 Å². The van der Waals surface area contributed by atoms with Gasteiger partial charge in [-0.15, -0.1) is 22.7 Å². The normalized spacial score (nSPS) is 10.4. The van der Waals surface area contributed by atoms with E-state index in [2.05, 4.69) is 29.4 Å². The smallest absolute Gasteiger partial charge is 0.311 e. The number of ether oxygens (including phenoxy) is 1. The van der Waals surface area contributed by atoms with Crippen LogP contribution in [0.1, 0.15) is 22.4 Å². The summed E-state index contributed by atoms with van der Waals surface area (Å²) in [5.74, 6) is -0.228. The number of anilines is 1. The lowest BCUT2D eigenvalue weighted by Gasteiger charge is -2.00. The fourth-order valence-corrected chi connectivity index (χ4v) is 3.11. The number of carbonyl (C=O) groups excluding carboxylic acids is 1. The van der Waals surface area contributed by atoms with Crippen LogP contribution in [0, 0.1) is 6.92 Å². The molecule has 2 heterocycles. The first-order chi connectivity index (χ1) is 9.17. The number of rotatable bonds is 6. The van der Waals surface area contributed by atoms with Gasteiger partial charge in [-0.25, -0.2) is 4.98 Å². The van der Waals surface area contributed by atoms with E-state index in [4.69, 9.17) is 4.74 Å². The minimum absolute atomic E-state index is 0.228. The van der Waals surface area contributed by atoms with Crippen LogP contribution < -0.4 is 5.32 Å². The van der Waals surface area contributed by atoms with Gasteiger partial charge in [0.15, 0.2) is 5.13 Å². The van der Waals surface area contributed by atoms with Crippen LogP contribution in [0.3, 0.4) is 0 Å². The molecule has 0 radical (unpaired) electrons. The SMILES string of the molecule is CCOC(=O)Cc1csc(NCc2ccc(C)s2)n1. The number of aryl methyl sites for hydroxylation is 1. The van der Waals surface area contributed by atoms with Gasteiger partial charge in [-0.2, -0.15) is 0 Å². The van der Waals surface area contributed by atoms with Gasteiger partial charge in [0.05, 0.1) is 25.3 Å². The van der Waals surface area contributed by atoms with Crippen LogP contribution in [0.2, 0.25) is 0 Å². The molecule has 0 unspecified atom stereocenters. The fraction of sp³-hybridized carbons (Fsp3) is 0.385. The summed E-state index contributed by atoms with van der Waals surface area (Å²) in [6.07, 6.45) is 0.240. The molecule has 0 fully saturated rings. The Bertz CT molecular complexity index is 548. The quantitative estimate of drug-likeness (QED) is 0.832. The number of thiazole rings is 1. The second-order valence-corrected chi connectivity index (χ2v) is 6.22. The Morgan fingerprint density at radius 1 is 1.47 bits per heavy atom. The number of hydrogen-bond acceptors (Lipinski definition) is 6. The third-order valence-electron chi connectivity index (χ3n) is 2.39. The predicted molar refractivity (Wildman–Crippen MR) is 78.8 cm³/mol. The zero-order chi connectivity index (χ0) is 13.7. The molecule has 0 amide bonds. The Balaban J connectivity index is 1.85. The second-order valence-electron chi connectivity index (χ2n) is 3.99. The monoisotopic (exact) mass is 296 g/mol. The van der Waals surface area contributed by atoms with Gasteiger partial charge < -0.3 is 10.1 Å². The minimum atomic E-state index is -0.228.